The van der Waals surface area contributed by atoms with Crippen molar-refractivity contribution < 1.29 is 28.8 Å². The lowest BCUT2D eigenvalue weighted by Gasteiger charge is -2.24. The summed E-state index contributed by atoms with van der Waals surface area (Å²) in [5.41, 5.74) is -0.376. The van der Waals surface area contributed by atoms with Crippen molar-refractivity contribution in [3.63, 3.8) is 0 Å². The molecule has 1 fully saturated rings. The lowest BCUT2D eigenvalue weighted by molar-refractivity contribution is -0.144. The molecule has 0 aromatic heterocycles. The molecular formula is C22H36N4O6. The minimum absolute atomic E-state index is 0.0137. The average molecular weight is 453 g/mol. The van der Waals surface area contributed by atoms with Crippen LogP contribution in [-0.4, -0.2) is 65.4 Å². The first kappa shape index (κ1) is 27.3. The zero-order chi connectivity index (χ0) is 24.8. The Kier molecular flexibility index (Phi) is 9.53. The SMILES string of the molecule is CC(C)C(=O)[C@H](C)NC(=O)[C@H](C)NC(=O)CCNC(=O)CN1C(=O)CC(C(C)(C)C)C1=O. The maximum Gasteiger partial charge on any atom is 0.242 e. The molecule has 180 valence electrons. The average Bonchev–Trinajstić information content (AvgIpc) is 2.95. The van der Waals surface area contributed by atoms with Gasteiger partial charge in [0.1, 0.15) is 12.6 Å². The third kappa shape index (κ3) is 7.72. The number of Topliss-reactive ketones (excluding diaryl/α,β-unsaturated/α-hetero) is 1. The quantitative estimate of drug-likeness (QED) is 0.403. The molecule has 1 saturated heterocycles. The first-order chi connectivity index (χ1) is 14.6. The van der Waals surface area contributed by atoms with Crippen LogP contribution < -0.4 is 16.0 Å². The summed E-state index contributed by atoms with van der Waals surface area (Å²) in [5, 5.41) is 7.57. The Bertz CT molecular complexity index is 771. The molecule has 0 spiro atoms. The van der Waals surface area contributed by atoms with E-state index in [4.69, 9.17) is 0 Å². The monoisotopic (exact) mass is 452 g/mol. The van der Waals surface area contributed by atoms with E-state index in [0.29, 0.717) is 0 Å². The number of rotatable bonds is 10. The number of hydrogen-bond acceptors (Lipinski definition) is 6. The van der Waals surface area contributed by atoms with Crippen LogP contribution in [0.1, 0.15) is 61.3 Å². The van der Waals surface area contributed by atoms with Gasteiger partial charge in [-0.2, -0.15) is 0 Å². The highest BCUT2D eigenvalue weighted by Gasteiger charge is 2.45. The number of nitrogens with zero attached hydrogens (tertiary/aromatic N) is 1. The van der Waals surface area contributed by atoms with Crippen LogP contribution in [0.5, 0.6) is 0 Å². The van der Waals surface area contributed by atoms with Gasteiger partial charge < -0.3 is 16.0 Å². The normalized spacial score (nSPS) is 18.4. The summed E-state index contributed by atoms with van der Waals surface area (Å²) in [7, 11) is 0. The van der Waals surface area contributed by atoms with Gasteiger partial charge in [0.2, 0.25) is 29.5 Å². The van der Waals surface area contributed by atoms with E-state index in [9.17, 15) is 28.8 Å². The van der Waals surface area contributed by atoms with E-state index in [1.807, 2.05) is 20.8 Å². The van der Waals surface area contributed by atoms with E-state index < -0.39 is 35.7 Å². The van der Waals surface area contributed by atoms with Crippen LogP contribution in [0.4, 0.5) is 0 Å². The van der Waals surface area contributed by atoms with Gasteiger partial charge in [0.15, 0.2) is 5.78 Å². The molecule has 3 atom stereocenters. The van der Waals surface area contributed by atoms with E-state index >= 15 is 0 Å². The molecule has 1 aliphatic heterocycles. The van der Waals surface area contributed by atoms with Crippen LogP contribution in [-0.2, 0) is 28.8 Å². The summed E-state index contributed by atoms with van der Waals surface area (Å²) in [6.45, 7) is 11.8. The van der Waals surface area contributed by atoms with Crippen LogP contribution >= 0.6 is 0 Å². The van der Waals surface area contributed by atoms with E-state index in [-0.39, 0.29) is 54.9 Å². The number of ketones is 1. The number of nitrogens with one attached hydrogen (secondary N) is 3. The van der Waals surface area contributed by atoms with Crippen molar-refractivity contribution in [1.29, 1.82) is 0 Å². The minimum Gasteiger partial charge on any atom is -0.354 e. The van der Waals surface area contributed by atoms with Crippen molar-refractivity contribution in [2.75, 3.05) is 13.1 Å². The molecule has 5 amide bonds. The molecule has 10 heteroatoms. The van der Waals surface area contributed by atoms with Crippen molar-refractivity contribution in [3.05, 3.63) is 0 Å². The highest BCUT2D eigenvalue weighted by atomic mass is 16.2. The van der Waals surface area contributed by atoms with Crippen molar-refractivity contribution in [2.45, 2.75) is 73.4 Å². The molecule has 0 radical (unpaired) electrons. The molecule has 1 unspecified atom stereocenters. The Morgan fingerprint density at radius 3 is 2.06 bits per heavy atom. The zero-order valence-corrected chi connectivity index (χ0v) is 20.0. The Balaban J connectivity index is 2.40. The molecule has 0 saturated carbocycles. The van der Waals surface area contributed by atoms with E-state index in [0.717, 1.165) is 4.90 Å². The van der Waals surface area contributed by atoms with Gasteiger partial charge in [-0.05, 0) is 19.3 Å². The van der Waals surface area contributed by atoms with Gasteiger partial charge in [0.05, 0.1) is 12.0 Å². The predicted molar refractivity (Wildman–Crippen MR) is 117 cm³/mol. The largest absolute Gasteiger partial charge is 0.354 e. The lowest BCUT2D eigenvalue weighted by atomic mass is 9.80. The number of hydrogen-bond donors (Lipinski definition) is 3. The summed E-state index contributed by atoms with van der Waals surface area (Å²) in [6.07, 6.45) is -0.00426. The van der Waals surface area contributed by atoms with Gasteiger partial charge >= 0.3 is 0 Å². The number of carbonyl (C=O) groups is 6. The van der Waals surface area contributed by atoms with Gasteiger partial charge in [-0.1, -0.05) is 34.6 Å². The second kappa shape index (κ2) is 11.2. The van der Waals surface area contributed by atoms with E-state index in [1.165, 1.54) is 6.92 Å². The third-order valence-corrected chi connectivity index (χ3v) is 5.39. The van der Waals surface area contributed by atoms with Crippen LogP contribution in [0.25, 0.3) is 0 Å². The maximum atomic E-state index is 12.4. The van der Waals surface area contributed by atoms with E-state index in [2.05, 4.69) is 16.0 Å². The molecule has 1 aliphatic rings. The Labute approximate surface area is 189 Å². The Morgan fingerprint density at radius 1 is 0.969 bits per heavy atom. The highest BCUT2D eigenvalue weighted by Crippen LogP contribution is 2.35. The van der Waals surface area contributed by atoms with Gasteiger partial charge in [-0.3, -0.25) is 33.7 Å². The summed E-state index contributed by atoms with van der Waals surface area (Å²) >= 11 is 0. The maximum absolute atomic E-state index is 12.4. The second-order valence-corrected chi connectivity index (χ2v) is 9.62. The molecule has 10 nitrogen and oxygen atoms in total. The van der Waals surface area contributed by atoms with Crippen LogP contribution in [0.15, 0.2) is 0 Å². The summed E-state index contributed by atoms with van der Waals surface area (Å²) in [4.78, 5) is 73.6. The zero-order valence-electron chi connectivity index (χ0n) is 20.0. The topological polar surface area (TPSA) is 142 Å². The van der Waals surface area contributed by atoms with Crippen LogP contribution in [0.3, 0.4) is 0 Å². The molecule has 0 bridgehead atoms. The number of carbonyl (C=O) groups excluding carboxylic acids is 6. The molecule has 0 aliphatic carbocycles. The van der Waals surface area contributed by atoms with Crippen LogP contribution in [0.2, 0.25) is 0 Å². The van der Waals surface area contributed by atoms with Crippen molar-refractivity contribution in [1.82, 2.24) is 20.9 Å². The highest BCUT2D eigenvalue weighted by molar-refractivity contribution is 6.06. The van der Waals surface area contributed by atoms with Crippen molar-refractivity contribution in [3.8, 4) is 0 Å². The number of amides is 5. The van der Waals surface area contributed by atoms with Crippen LogP contribution in [0, 0.1) is 17.3 Å². The minimum atomic E-state index is -0.852. The standard InChI is InChI=1S/C22H36N4O6/c1-12(2)19(30)13(3)25-20(31)14(4)24-16(27)8-9-23-17(28)11-26-18(29)10-15(21(26)32)22(5,6)7/h12-15H,8-11H2,1-7H3,(H,23,28)(H,24,27)(H,25,31)/t13-,14-,15?/m0/s1. The summed E-state index contributed by atoms with van der Waals surface area (Å²) < 4.78 is 0. The van der Waals surface area contributed by atoms with E-state index in [1.54, 1.807) is 20.8 Å². The molecular weight excluding hydrogens is 416 g/mol. The third-order valence-electron chi connectivity index (χ3n) is 5.39. The fraction of sp³-hybridized carbons (Fsp3) is 0.727. The molecule has 0 aromatic rings. The van der Waals surface area contributed by atoms with Crippen molar-refractivity contribution in [2.24, 2.45) is 17.3 Å². The van der Waals surface area contributed by atoms with Crippen molar-refractivity contribution >= 4 is 35.3 Å². The molecule has 0 aromatic carbocycles. The number of likely N-dealkylation sites (tertiary alicyclic amines) is 1. The first-order valence-corrected chi connectivity index (χ1v) is 10.9. The fourth-order valence-electron chi connectivity index (χ4n) is 3.33. The lowest BCUT2D eigenvalue weighted by Crippen LogP contribution is -2.50. The Morgan fingerprint density at radius 2 is 1.56 bits per heavy atom. The predicted octanol–water partition coefficient (Wildman–Crippen LogP) is 0.148. The summed E-state index contributed by atoms with van der Waals surface area (Å²) in [6, 6.07) is -1.51. The van der Waals surface area contributed by atoms with Gasteiger partial charge in [0, 0.05) is 25.3 Å². The first-order valence-electron chi connectivity index (χ1n) is 10.9. The molecule has 1 heterocycles. The molecule has 3 N–H and O–H groups in total. The molecule has 1 rings (SSSR count). The smallest absolute Gasteiger partial charge is 0.242 e. The van der Waals surface area contributed by atoms with Gasteiger partial charge in [-0.15, -0.1) is 0 Å². The second-order valence-electron chi connectivity index (χ2n) is 9.62. The Hall–Kier alpha value is -2.78. The number of imide groups is 1. The van der Waals surface area contributed by atoms with Gasteiger partial charge in [0.25, 0.3) is 0 Å². The van der Waals surface area contributed by atoms with Gasteiger partial charge in [-0.25, -0.2) is 0 Å². The summed E-state index contributed by atoms with van der Waals surface area (Å²) in [5.74, 6) is -3.01. The molecule has 32 heavy (non-hydrogen) atoms. The fourth-order valence-corrected chi connectivity index (χ4v) is 3.33.